The molecule has 3 rings (SSSR count). The molecule has 0 aliphatic rings. The third-order valence-electron chi connectivity index (χ3n) is 3.39. The van der Waals surface area contributed by atoms with Gasteiger partial charge in [0.25, 0.3) is 5.69 Å². The molecule has 1 aromatic heterocycles. The first kappa shape index (κ1) is 14.6. The standard InChI is InChI=1S/C17H16N5O/c1-12-5-7-14(8-6-12)21-17-10-16(19-11-20-17)13-3-2-4-15(9-13)22(18)23/h2-11H,1H3,(H2,18,23)(H,19,20,21)/q+1. The van der Waals surface area contributed by atoms with Crippen LogP contribution in [0.25, 0.3) is 11.3 Å². The van der Waals surface area contributed by atoms with Crippen LogP contribution in [-0.4, -0.2) is 14.8 Å². The Morgan fingerprint density at radius 1 is 1.04 bits per heavy atom. The molecule has 2 aromatic carbocycles. The summed E-state index contributed by atoms with van der Waals surface area (Å²) in [5, 5.41) is 3.23. The normalized spacial score (nSPS) is 10.3. The predicted octanol–water partition coefficient (Wildman–Crippen LogP) is 3.48. The zero-order valence-electron chi connectivity index (χ0n) is 12.6. The van der Waals surface area contributed by atoms with Crippen molar-refractivity contribution in [2.45, 2.75) is 6.92 Å². The van der Waals surface area contributed by atoms with Gasteiger partial charge in [-0.2, -0.15) is 5.84 Å². The maximum atomic E-state index is 11.2. The topological polar surface area (TPSA) is 83.9 Å². The Balaban J connectivity index is 1.89. The van der Waals surface area contributed by atoms with E-state index in [2.05, 4.69) is 15.3 Å². The molecule has 0 radical (unpaired) electrons. The Kier molecular flexibility index (Phi) is 3.97. The van der Waals surface area contributed by atoms with E-state index in [1.54, 1.807) is 18.2 Å². The third kappa shape index (κ3) is 3.49. The van der Waals surface area contributed by atoms with E-state index in [1.165, 1.54) is 11.9 Å². The maximum Gasteiger partial charge on any atom is 0.292 e. The molecule has 3 aromatic rings. The highest BCUT2D eigenvalue weighted by molar-refractivity contribution is 5.67. The van der Waals surface area contributed by atoms with Crippen molar-refractivity contribution in [2.24, 2.45) is 5.84 Å². The molecule has 0 aliphatic carbocycles. The summed E-state index contributed by atoms with van der Waals surface area (Å²) < 4.78 is 0. The van der Waals surface area contributed by atoms with E-state index in [4.69, 9.17) is 5.84 Å². The van der Waals surface area contributed by atoms with Gasteiger partial charge in [0.1, 0.15) is 12.1 Å². The number of aromatic nitrogens is 2. The lowest BCUT2D eigenvalue weighted by Gasteiger charge is -2.07. The molecule has 3 N–H and O–H groups in total. The number of nitrogens with one attached hydrogen (secondary N) is 1. The number of nitroso groups, excluding NO2 is 1. The zero-order chi connectivity index (χ0) is 16.2. The highest BCUT2D eigenvalue weighted by Gasteiger charge is 2.11. The number of anilines is 2. The Bertz CT molecular complexity index is 846. The van der Waals surface area contributed by atoms with Crippen molar-refractivity contribution in [3.8, 4) is 11.3 Å². The number of hydrogen-bond donors (Lipinski definition) is 2. The second kappa shape index (κ2) is 6.23. The highest BCUT2D eigenvalue weighted by atomic mass is 16.3. The molecule has 6 heteroatoms. The number of hydrogen-bond acceptors (Lipinski definition) is 4. The van der Waals surface area contributed by atoms with Crippen LogP contribution in [0.15, 0.2) is 60.9 Å². The van der Waals surface area contributed by atoms with Gasteiger partial charge in [0.05, 0.1) is 10.6 Å². The van der Waals surface area contributed by atoms with Gasteiger partial charge in [-0.3, -0.25) is 0 Å². The summed E-state index contributed by atoms with van der Waals surface area (Å²) in [5.74, 6) is 5.91. The SMILES string of the molecule is Cc1ccc(Nc2cc(-c3cccc([N+](N)=O)c3)ncn2)cc1. The summed E-state index contributed by atoms with van der Waals surface area (Å²) >= 11 is 0. The lowest BCUT2D eigenvalue weighted by Crippen LogP contribution is -2.08. The van der Waals surface area contributed by atoms with Crippen LogP contribution in [0, 0.1) is 11.8 Å². The van der Waals surface area contributed by atoms with Gasteiger partial charge in [0.15, 0.2) is 4.87 Å². The summed E-state index contributed by atoms with van der Waals surface area (Å²) in [5.41, 5.74) is 4.01. The van der Waals surface area contributed by atoms with Gasteiger partial charge >= 0.3 is 0 Å². The number of nitrogens with two attached hydrogens (primary N) is 1. The fourth-order valence-electron chi connectivity index (χ4n) is 2.17. The van der Waals surface area contributed by atoms with Gasteiger partial charge in [0, 0.05) is 29.4 Å². The first-order valence-electron chi connectivity index (χ1n) is 7.10. The first-order valence-corrected chi connectivity index (χ1v) is 7.10. The molecule has 0 saturated heterocycles. The minimum absolute atomic E-state index is 0.330. The molecule has 23 heavy (non-hydrogen) atoms. The lowest BCUT2D eigenvalue weighted by atomic mass is 10.1. The van der Waals surface area contributed by atoms with Gasteiger partial charge < -0.3 is 5.32 Å². The van der Waals surface area contributed by atoms with Crippen LogP contribution in [0.4, 0.5) is 17.2 Å². The first-order chi connectivity index (χ1) is 11.1. The van der Waals surface area contributed by atoms with Crippen molar-refractivity contribution >= 4 is 17.2 Å². The molecule has 0 fully saturated rings. The molecule has 0 amide bonds. The molecule has 0 bridgehead atoms. The number of aryl methyl sites for hydroxylation is 1. The lowest BCUT2D eigenvalue weighted by molar-refractivity contribution is -0.474. The maximum absolute atomic E-state index is 11.2. The molecular formula is C17H16N5O+. The van der Waals surface area contributed by atoms with Gasteiger partial charge in [0.2, 0.25) is 0 Å². The number of hydrazine groups is 1. The quantitative estimate of drug-likeness (QED) is 0.438. The van der Waals surface area contributed by atoms with Gasteiger partial charge in [-0.15, -0.1) is 0 Å². The Hall–Kier alpha value is -3.28. The third-order valence-corrected chi connectivity index (χ3v) is 3.39. The molecule has 0 aliphatic heterocycles. The summed E-state index contributed by atoms with van der Waals surface area (Å²) in [6.07, 6.45) is 1.48. The van der Waals surface area contributed by atoms with Crippen molar-refractivity contribution in [2.75, 3.05) is 5.32 Å². The molecule has 0 atom stereocenters. The predicted molar refractivity (Wildman–Crippen MR) is 89.4 cm³/mol. The highest BCUT2D eigenvalue weighted by Crippen LogP contribution is 2.24. The fourth-order valence-corrected chi connectivity index (χ4v) is 2.17. The van der Waals surface area contributed by atoms with E-state index in [0.29, 0.717) is 22.1 Å². The Morgan fingerprint density at radius 3 is 2.57 bits per heavy atom. The van der Waals surface area contributed by atoms with Gasteiger partial charge in [-0.05, 0) is 19.1 Å². The Morgan fingerprint density at radius 2 is 1.83 bits per heavy atom. The molecule has 1 heterocycles. The Labute approximate surface area is 133 Å². The molecule has 0 spiro atoms. The molecule has 114 valence electrons. The van der Waals surface area contributed by atoms with Gasteiger partial charge in [-0.1, -0.05) is 29.8 Å². The van der Waals surface area contributed by atoms with Crippen molar-refractivity contribution in [1.82, 2.24) is 9.97 Å². The van der Waals surface area contributed by atoms with Crippen LogP contribution in [0.2, 0.25) is 0 Å². The fraction of sp³-hybridized carbons (Fsp3) is 0.0588. The van der Waals surface area contributed by atoms with E-state index >= 15 is 0 Å². The molecular weight excluding hydrogens is 290 g/mol. The van der Waals surface area contributed by atoms with E-state index in [9.17, 15) is 4.91 Å². The average Bonchev–Trinajstić information content (AvgIpc) is 2.57. The number of rotatable bonds is 4. The molecule has 0 unspecified atom stereocenters. The van der Waals surface area contributed by atoms with Crippen LogP contribution in [-0.2, 0) is 0 Å². The van der Waals surface area contributed by atoms with Gasteiger partial charge in [-0.25, -0.2) is 9.97 Å². The second-order valence-corrected chi connectivity index (χ2v) is 5.16. The number of benzene rings is 2. The van der Waals surface area contributed by atoms with Crippen LogP contribution in [0.5, 0.6) is 0 Å². The molecule has 6 nitrogen and oxygen atoms in total. The number of nitrogens with zero attached hydrogens (tertiary/aromatic N) is 3. The average molecular weight is 306 g/mol. The summed E-state index contributed by atoms with van der Waals surface area (Å²) in [6.45, 7) is 2.04. The van der Waals surface area contributed by atoms with E-state index in [-0.39, 0.29) is 0 Å². The van der Waals surface area contributed by atoms with Crippen molar-refractivity contribution in [3.63, 3.8) is 0 Å². The minimum atomic E-state index is 0.330. The van der Waals surface area contributed by atoms with Crippen LogP contribution in [0.3, 0.4) is 0 Å². The van der Waals surface area contributed by atoms with E-state index in [0.717, 1.165) is 11.3 Å². The van der Waals surface area contributed by atoms with Crippen molar-refractivity contribution < 1.29 is 4.87 Å². The minimum Gasteiger partial charge on any atom is -0.340 e. The second-order valence-electron chi connectivity index (χ2n) is 5.16. The zero-order valence-corrected chi connectivity index (χ0v) is 12.6. The van der Waals surface area contributed by atoms with E-state index < -0.39 is 0 Å². The monoisotopic (exact) mass is 306 g/mol. The van der Waals surface area contributed by atoms with Crippen LogP contribution in [0.1, 0.15) is 5.56 Å². The summed E-state index contributed by atoms with van der Waals surface area (Å²) in [7, 11) is 0. The summed E-state index contributed by atoms with van der Waals surface area (Å²) in [4.78, 5) is 20.0. The van der Waals surface area contributed by atoms with Crippen LogP contribution < -0.4 is 11.2 Å². The summed E-state index contributed by atoms with van der Waals surface area (Å²) in [6, 6.07) is 16.8. The molecule has 0 saturated carbocycles. The van der Waals surface area contributed by atoms with E-state index in [1.807, 2.05) is 43.3 Å². The largest absolute Gasteiger partial charge is 0.340 e. The van der Waals surface area contributed by atoms with Crippen LogP contribution >= 0.6 is 0 Å². The van der Waals surface area contributed by atoms with Crippen molar-refractivity contribution in [1.29, 1.82) is 0 Å². The smallest absolute Gasteiger partial charge is 0.292 e. The van der Waals surface area contributed by atoms with Crippen molar-refractivity contribution in [3.05, 3.63) is 71.4 Å².